The Kier molecular flexibility index (Phi) is 4.31. The van der Waals surface area contributed by atoms with Crippen LogP contribution < -0.4 is 10.2 Å². The number of nitrogens with zero attached hydrogens (tertiary/aromatic N) is 3. The van der Waals surface area contributed by atoms with E-state index in [0.717, 1.165) is 12.1 Å². The molecule has 2 aromatic rings. The van der Waals surface area contributed by atoms with Crippen molar-refractivity contribution < 1.29 is 18.0 Å². The minimum atomic E-state index is -4.54. The van der Waals surface area contributed by atoms with Gasteiger partial charge in [0.25, 0.3) is 0 Å². The highest BCUT2D eigenvalue weighted by Gasteiger charge is 2.34. The average molecular weight is 357 g/mol. The van der Waals surface area contributed by atoms with Crippen LogP contribution in [0.5, 0.6) is 0 Å². The number of anilines is 2. The lowest BCUT2D eigenvalue weighted by molar-refractivity contribution is -0.141. The number of hydrogen-bond donors (Lipinski definition) is 1. The standard InChI is InChI=1S/C15H12ClF3N4O/c16-9-2-1-3-10(8-9)23-7-6-11(14(23)24)20-13-5-4-12(21-22-13)15(17,18)19/h1-5,8,11H,6-7H2,(H,20,22). The van der Waals surface area contributed by atoms with Crippen LogP contribution in [0.3, 0.4) is 0 Å². The van der Waals surface area contributed by atoms with Crippen molar-refractivity contribution in [2.75, 3.05) is 16.8 Å². The Hall–Kier alpha value is -2.35. The Morgan fingerprint density at radius 3 is 2.62 bits per heavy atom. The van der Waals surface area contributed by atoms with E-state index in [-0.39, 0.29) is 11.7 Å². The highest BCUT2D eigenvalue weighted by atomic mass is 35.5. The van der Waals surface area contributed by atoms with E-state index in [1.807, 2.05) is 0 Å². The van der Waals surface area contributed by atoms with Gasteiger partial charge in [-0.3, -0.25) is 4.79 Å². The summed E-state index contributed by atoms with van der Waals surface area (Å²) in [6, 6.07) is 8.31. The van der Waals surface area contributed by atoms with Gasteiger partial charge in [0.2, 0.25) is 5.91 Å². The van der Waals surface area contributed by atoms with E-state index in [0.29, 0.717) is 23.7 Å². The van der Waals surface area contributed by atoms with Crippen molar-refractivity contribution >= 4 is 29.0 Å². The summed E-state index contributed by atoms with van der Waals surface area (Å²) in [6.07, 6.45) is -4.05. The molecule has 5 nitrogen and oxygen atoms in total. The SMILES string of the molecule is O=C1C(Nc2ccc(C(F)(F)F)nn2)CCN1c1cccc(Cl)c1. The zero-order chi connectivity index (χ0) is 17.3. The second-order valence-electron chi connectivity index (χ2n) is 5.26. The van der Waals surface area contributed by atoms with Gasteiger partial charge < -0.3 is 10.2 Å². The molecule has 1 amide bonds. The van der Waals surface area contributed by atoms with E-state index < -0.39 is 17.9 Å². The van der Waals surface area contributed by atoms with Crippen molar-refractivity contribution in [3.63, 3.8) is 0 Å². The number of hydrogen-bond acceptors (Lipinski definition) is 4. The number of amides is 1. The second kappa shape index (κ2) is 6.27. The number of alkyl halides is 3. The van der Waals surface area contributed by atoms with E-state index in [1.165, 1.54) is 0 Å². The zero-order valence-electron chi connectivity index (χ0n) is 12.2. The maximum absolute atomic E-state index is 12.5. The molecule has 1 N–H and O–H groups in total. The molecule has 9 heteroatoms. The molecule has 0 bridgehead atoms. The number of rotatable bonds is 3. The maximum atomic E-state index is 12.5. The fourth-order valence-corrected chi connectivity index (χ4v) is 2.64. The number of aromatic nitrogens is 2. The molecule has 1 saturated heterocycles. The molecule has 0 spiro atoms. The quantitative estimate of drug-likeness (QED) is 0.916. The molecule has 1 unspecified atom stereocenters. The summed E-state index contributed by atoms with van der Waals surface area (Å²) in [6.45, 7) is 0.477. The Morgan fingerprint density at radius 1 is 1.21 bits per heavy atom. The summed E-state index contributed by atoms with van der Waals surface area (Å²) in [5.74, 6) is -0.0757. The fraction of sp³-hybridized carbons (Fsp3) is 0.267. The van der Waals surface area contributed by atoms with E-state index in [1.54, 1.807) is 29.2 Å². The van der Waals surface area contributed by atoms with Crippen LogP contribution in [-0.2, 0) is 11.0 Å². The van der Waals surface area contributed by atoms with Gasteiger partial charge in [-0.05, 0) is 36.8 Å². The fourth-order valence-electron chi connectivity index (χ4n) is 2.45. The van der Waals surface area contributed by atoms with Gasteiger partial charge in [-0.25, -0.2) is 0 Å². The molecule has 3 rings (SSSR count). The summed E-state index contributed by atoms with van der Waals surface area (Å²) in [4.78, 5) is 14.0. The molecule has 1 aromatic carbocycles. The lowest BCUT2D eigenvalue weighted by Gasteiger charge is -2.17. The van der Waals surface area contributed by atoms with Crippen LogP contribution in [0.25, 0.3) is 0 Å². The van der Waals surface area contributed by atoms with Crippen LogP contribution in [-0.4, -0.2) is 28.7 Å². The molecule has 1 aromatic heterocycles. The summed E-state index contributed by atoms with van der Waals surface area (Å²) in [7, 11) is 0. The number of benzene rings is 1. The van der Waals surface area contributed by atoms with Crippen molar-refractivity contribution in [2.45, 2.75) is 18.6 Å². The molecular weight excluding hydrogens is 345 g/mol. The highest BCUT2D eigenvalue weighted by molar-refractivity contribution is 6.31. The van der Waals surface area contributed by atoms with Gasteiger partial charge in [0.1, 0.15) is 11.9 Å². The Morgan fingerprint density at radius 2 is 2.00 bits per heavy atom. The minimum absolute atomic E-state index is 0.120. The summed E-state index contributed by atoms with van der Waals surface area (Å²) >= 11 is 5.93. The van der Waals surface area contributed by atoms with E-state index >= 15 is 0 Å². The summed E-state index contributed by atoms with van der Waals surface area (Å²) in [5.41, 5.74) is -0.401. The molecule has 1 aliphatic rings. The van der Waals surface area contributed by atoms with Crippen molar-refractivity contribution in [3.8, 4) is 0 Å². The molecule has 2 heterocycles. The number of carbonyl (C=O) groups is 1. The van der Waals surface area contributed by atoms with Crippen LogP contribution in [0.4, 0.5) is 24.7 Å². The molecular formula is C15H12ClF3N4O. The van der Waals surface area contributed by atoms with Crippen LogP contribution in [0.1, 0.15) is 12.1 Å². The Balaban J connectivity index is 1.70. The van der Waals surface area contributed by atoms with Crippen molar-refractivity contribution in [3.05, 3.63) is 47.1 Å². The molecule has 24 heavy (non-hydrogen) atoms. The third-order valence-electron chi connectivity index (χ3n) is 3.60. The lowest BCUT2D eigenvalue weighted by atomic mass is 10.2. The van der Waals surface area contributed by atoms with Crippen LogP contribution >= 0.6 is 11.6 Å². The zero-order valence-corrected chi connectivity index (χ0v) is 13.0. The van der Waals surface area contributed by atoms with Gasteiger partial charge in [-0.15, -0.1) is 10.2 Å². The van der Waals surface area contributed by atoms with Gasteiger partial charge in [-0.2, -0.15) is 13.2 Å². The van der Waals surface area contributed by atoms with Gasteiger partial charge in [0.15, 0.2) is 5.69 Å². The Bertz CT molecular complexity index is 751. The molecule has 0 radical (unpaired) electrons. The van der Waals surface area contributed by atoms with Crippen LogP contribution in [0, 0.1) is 0 Å². The minimum Gasteiger partial charge on any atom is -0.357 e. The maximum Gasteiger partial charge on any atom is 0.435 e. The average Bonchev–Trinajstić information content (AvgIpc) is 2.88. The highest BCUT2D eigenvalue weighted by Crippen LogP contribution is 2.28. The molecule has 0 saturated carbocycles. The van der Waals surface area contributed by atoms with Crippen molar-refractivity contribution in [1.82, 2.24) is 10.2 Å². The first-order valence-corrected chi connectivity index (χ1v) is 7.47. The van der Waals surface area contributed by atoms with E-state index in [4.69, 9.17) is 11.6 Å². The third kappa shape index (κ3) is 3.43. The van der Waals surface area contributed by atoms with Gasteiger partial charge in [0.05, 0.1) is 0 Å². The normalized spacial score (nSPS) is 18.1. The summed E-state index contributed by atoms with van der Waals surface area (Å²) < 4.78 is 37.4. The largest absolute Gasteiger partial charge is 0.435 e. The van der Waals surface area contributed by atoms with Crippen LogP contribution in [0.15, 0.2) is 36.4 Å². The first-order chi connectivity index (χ1) is 11.3. The van der Waals surface area contributed by atoms with E-state index in [2.05, 4.69) is 15.5 Å². The number of carbonyl (C=O) groups excluding carboxylic acids is 1. The molecule has 1 aliphatic heterocycles. The molecule has 126 valence electrons. The van der Waals surface area contributed by atoms with Crippen LogP contribution in [0.2, 0.25) is 5.02 Å². The number of halogens is 4. The lowest BCUT2D eigenvalue weighted by Crippen LogP contribution is -2.33. The van der Waals surface area contributed by atoms with Gasteiger partial charge in [-0.1, -0.05) is 17.7 Å². The number of nitrogens with one attached hydrogen (secondary N) is 1. The topological polar surface area (TPSA) is 58.1 Å². The first kappa shape index (κ1) is 16.5. The van der Waals surface area contributed by atoms with Gasteiger partial charge in [0, 0.05) is 17.3 Å². The van der Waals surface area contributed by atoms with Gasteiger partial charge >= 0.3 is 6.18 Å². The summed E-state index contributed by atoms with van der Waals surface area (Å²) in [5, 5.41) is 9.95. The predicted octanol–water partition coefficient (Wildman–Crippen LogP) is 3.37. The molecule has 1 atom stereocenters. The monoisotopic (exact) mass is 356 g/mol. The third-order valence-corrected chi connectivity index (χ3v) is 3.84. The smallest absolute Gasteiger partial charge is 0.357 e. The molecule has 0 aliphatic carbocycles. The van der Waals surface area contributed by atoms with Crippen molar-refractivity contribution in [1.29, 1.82) is 0 Å². The second-order valence-corrected chi connectivity index (χ2v) is 5.69. The Labute approximate surface area is 140 Å². The molecule has 1 fully saturated rings. The van der Waals surface area contributed by atoms with E-state index in [9.17, 15) is 18.0 Å². The predicted molar refractivity (Wildman–Crippen MR) is 82.9 cm³/mol. The van der Waals surface area contributed by atoms with Crippen molar-refractivity contribution in [2.24, 2.45) is 0 Å². The first-order valence-electron chi connectivity index (χ1n) is 7.09.